The Morgan fingerprint density at radius 1 is 1.08 bits per heavy atom. The summed E-state index contributed by atoms with van der Waals surface area (Å²) in [4.78, 5) is 16.1. The van der Waals surface area contributed by atoms with Gasteiger partial charge in [-0.1, -0.05) is 30.3 Å². The number of alkyl halides is 3. The molecule has 1 amide bonds. The fourth-order valence-corrected chi connectivity index (χ4v) is 3.74. The van der Waals surface area contributed by atoms with Crippen molar-refractivity contribution in [1.29, 1.82) is 0 Å². The topological polar surface area (TPSA) is 125 Å². The van der Waals surface area contributed by atoms with E-state index in [1.54, 1.807) is 43.5 Å². The molecule has 5 rings (SSSR count). The zero-order valence-corrected chi connectivity index (χ0v) is 19.4. The van der Waals surface area contributed by atoms with E-state index in [1.165, 1.54) is 0 Å². The molecule has 3 aromatic heterocycles. The monoisotopic (exact) mass is 507 g/mol. The molecule has 12 heteroatoms. The number of pyridine rings is 1. The third-order valence-corrected chi connectivity index (χ3v) is 5.56. The standard InChI is InChI=1S/C25H20F3N7O2/c1-14(29)22(36)31-13-15-5-4-6-16(11-15)35-20(12-21(34-35)25(26,27)28)24-33-32-23(37-24)18-9-10-30-19-8-3-2-7-17(18)19/h2-12,14H,13,29H2,1H3,(H,31,36)/t14-/m0/s1. The van der Waals surface area contributed by atoms with Crippen LogP contribution in [0.15, 0.2) is 71.3 Å². The van der Waals surface area contributed by atoms with Gasteiger partial charge in [-0.2, -0.15) is 18.3 Å². The van der Waals surface area contributed by atoms with E-state index in [9.17, 15) is 18.0 Å². The first kappa shape index (κ1) is 24.1. The van der Waals surface area contributed by atoms with Gasteiger partial charge in [-0.15, -0.1) is 10.2 Å². The Labute approximate surface area is 208 Å². The smallest absolute Gasteiger partial charge is 0.415 e. The van der Waals surface area contributed by atoms with E-state index >= 15 is 0 Å². The number of nitrogens with one attached hydrogen (secondary N) is 1. The normalized spacial score (nSPS) is 12.6. The van der Waals surface area contributed by atoms with Crippen molar-refractivity contribution >= 4 is 16.8 Å². The van der Waals surface area contributed by atoms with E-state index in [4.69, 9.17) is 10.2 Å². The second-order valence-corrected chi connectivity index (χ2v) is 8.29. The highest BCUT2D eigenvalue weighted by atomic mass is 19.4. The molecular formula is C25H20F3N7O2. The molecule has 0 aliphatic carbocycles. The quantitative estimate of drug-likeness (QED) is 0.354. The van der Waals surface area contributed by atoms with Crippen LogP contribution in [0.25, 0.3) is 39.6 Å². The average Bonchev–Trinajstić information content (AvgIpc) is 3.55. The van der Waals surface area contributed by atoms with E-state index in [0.717, 1.165) is 16.1 Å². The maximum Gasteiger partial charge on any atom is 0.435 e. The van der Waals surface area contributed by atoms with E-state index < -0.39 is 17.9 Å². The number of nitrogens with zero attached hydrogens (tertiary/aromatic N) is 5. The summed E-state index contributed by atoms with van der Waals surface area (Å²) in [5, 5.41) is 15.3. The Morgan fingerprint density at radius 2 is 1.86 bits per heavy atom. The van der Waals surface area contributed by atoms with Crippen molar-refractivity contribution in [3.63, 3.8) is 0 Å². The molecule has 5 aromatic rings. The molecule has 0 fully saturated rings. The number of para-hydroxylation sites is 1. The first-order valence-electron chi connectivity index (χ1n) is 11.2. The summed E-state index contributed by atoms with van der Waals surface area (Å²) in [6, 6.07) is 15.7. The number of nitrogens with two attached hydrogens (primary N) is 1. The molecule has 0 spiro atoms. The average molecular weight is 507 g/mol. The van der Waals surface area contributed by atoms with Gasteiger partial charge in [0.2, 0.25) is 11.8 Å². The molecule has 9 nitrogen and oxygen atoms in total. The van der Waals surface area contributed by atoms with Gasteiger partial charge in [0, 0.05) is 29.8 Å². The maximum atomic E-state index is 13.6. The molecule has 0 saturated carbocycles. The lowest BCUT2D eigenvalue weighted by molar-refractivity contribution is -0.141. The highest BCUT2D eigenvalue weighted by molar-refractivity contribution is 5.92. The predicted octanol–water partition coefficient (Wildman–Crippen LogP) is 4.12. The minimum Gasteiger partial charge on any atom is -0.415 e. The van der Waals surface area contributed by atoms with Crippen LogP contribution < -0.4 is 11.1 Å². The summed E-state index contributed by atoms with van der Waals surface area (Å²) in [7, 11) is 0. The number of amides is 1. The Morgan fingerprint density at radius 3 is 2.65 bits per heavy atom. The van der Waals surface area contributed by atoms with Crippen LogP contribution in [-0.4, -0.2) is 36.9 Å². The molecule has 3 N–H and O–H groups in total. The van der Waals surface area contributed by atoms with Crippen LogP contribution in [0.3, 0.4) is 0 Å². The van der Waals surface area contributed by atoms with Crippen molar-refractivity contribution in [1.82, 2.24) is 30.3 Å². The molecule has 2 aromatic carbocycles. The van der Waals surface area contributed by atoms with Gasteiger partial charge in [0.05, 0.1) is 17.2 Å². The van der Waals surface area contributed by atoms with Gasteiger partial charge in [0.25, 0.3) is 5.89 Å². The van der Waals surface area contributed by atoms with Crippen LogP contribution in [0.1, 0.15) is 18.2 Å². The minimum atomic E-state index is -4.70. The number of carbonyl (C=O) groups excluding carboxylic acids is 1. The third kappa shape index (κ3) is 4.91. The van der Waals surface area contributed by atoms with E-state index in [-0.39, 0.29) is 29.9 Å². The molecular weight excluding hydrogens is 487 g/mol. The molecule has 1 atom stereocenters. The highest BCUT2D eigenvalue weighted by Gasteiger charge is 2.36. The Bertz CT molecular complexity index is 1590. The number of fused-ring (bicyclic) bond motifs is 1. The molecule has 37 heavy (non-hydrogen) atoms. The number of halogens is 3. The molecule has 0 unspecified atom stereocenters. The second-order valence-electron chi connectivity index (χ2n) is 8.29. The number of benzene rings is 2. The fraction of sp³-hybridized carbons (Fsp3) is 0.160. The number of carbonyl (C=O) groups is 1. The summed E-state index contributed by atoms with van der Waals surface area (Å²) in [6.45, 7) is 1.69. The number of aromatic nitrogens is 5. The van der Waals surface area contributed by atoms with Crippen LogP contribution in [0.5, 0.6) is 0 Å². The second kappa shape index (κ2) is 9.47. The molecule has 0 bridgehead atoms. The van der Waals surface area contributed by atoms with Crippen molar-refractivity contribution in [2.24, 2.45) is 5.73 Å². The van der Waals surface area contributed by atoms with E-state index in [2.05, 4.69) is 25.6 Å². The van der Waals surface area contributed by atoms with Crippen LogP contribution in [0.2, 0.25) is 0 Å². The number of rotatable bonds is 6. The van der Waals surface area contributed by atoms with Crippen molar-refractivity contribution in [3.8, 4) is 28.7 Å². The summed E-state index contributed by atoms with van der Waals surface area (Å²) in [6.07, 6.45) is -3.11. The summed E-state index contributed by atoms with van der Waals surface area (Å²) in [5.74, 6) is -0.372. The van der Waals surface area contributed by atoms with Gasteiger partial charge in [0.1, 0.15) is 5.69 Å². The Hall–Kier alpha value is -4.58. The van der Waals surface area contributed by atoms with Gasteiger partial charge in [-0.05, 0) is 36.8 Å². The van der Waals surface area contributed by atoms with Gasteiger partial charge in [-0.3, -0.25) is 9.78 Å². The Balaban J connectivity index is 1.55. The third-order valence-electron chi connectivity index (χ3n) is 5.56. The van der Waals surface area contributed by atoms with Crippen molar-refractivity contribution < 1.29 is 22.4 Å². The van der Waals surface area contributed by atoms with Crippen molar-refractivity contribution in [3.05, 3.63) is 78.1 Å². The summed E-state index contributed by atoms with van der Waals surface area (Å²) >= 11 is 0. The zero-order chi connectivity index (χ0) is 26.2. The molecule has 3 heterocycles. The first-order valence-corrected chi connectivity index (χ1v) is 11.2. The maximum absolute atomic E-state index is 13.6. The molecule has 0 aliphatic rings. The highest BCUT2D eigenvalue weighted by Crippen LogP contribution is 2.34. The van der Waals surface area contributed by atoms with Gasteiger partial charge in [0.15, 0.2) is 5.69 Å². The fourth-order valence-electron chi connectivity index (χ4n) is 3.74. The van der Waals surface area contributed by atoms with Crippen LogP contribution >= 0.6 is 0 Å². The largest absolute Gasteiger partial charge is 0.435 e. The number of hydrogen-bond acceptors (Lipinski definition) is 7. The molecule has 0 radical (unpaired) electrons. The molecule has 0 aliphatic heterocycles. The predicted molar refractivity (Wildman–Crippen MR) is 128 cm³/mol. The lowest BCUT2D eigenvalue weighted by atomic mass is 10.1. The Kier molecular flexibility index (Phi) is 6.17. The van der Waals surface area contributed by atoms with Gasteiger partial charge >= 0.3 is 6.18 Å². The van der Waals surface area contributed by atoms with E-state index in [0.29, 0.717) is 22.3 Å². The lowest BCUT2D eigenvalue weighted by Crippen LogP contribution is -2.37. The SMILES string of the molecule is C[C@H](N)C(=O)NCc1cccc(-n2nc(C(F)(F)F)cc2-c2nnc(-c3ccnc4ccccc34)o2)c1. The number of hydrogen-bond donors (Lipinski definition) is 2. The summed E-state index contributed by atoms with van der Waals surface area (Å²) in [5.41, 5.74) is 6.65. The first-order chi connectivity index (χ1) is 17.7. The van der Waals surface area contributed by atoms with E-state index in [1.807, 2.05) is 24.3 Å². The van der Waals surface area contributed by atoms with Crippen molar-refractivity contribution in [2.75, 3.05) is 0 Å². The minimum absolute atomic E-state index is 0.0406. The van der Waals surface area contributed by atoms with Crippen molar-refractivity contribution in [2.45, 2.75) is 25.7 Å². The van der Waals surface area contributed by atoms with Crippen LogP contribution in [0.4, 0.5) is 13.2 Å². The molecule has 0 saturated heterocycles. The lowest BCUT2D eigenvalue weighted by Gasteiger charge is -2.10. The van der Waals surface area contributed by atoms with Crippen LogP contribution in [-0.2, 0) is 17.5 Å². The molecule has 188 valence electrons. The van der Waals surface area contributed by atoms with Gasteiger partial charge < -0.3 is 15.5 Å². The zero-order valence-electron chi connectivity index (χ0n) is 19.4. The van der Waals surface area contributed by atoms with Gasteiger partial charge in [-0.25, -0.2) is 4.68 Å². The summed E-state index contributed by atoms with van der Waals surface area (Å²) < 4.78 is 47.8. The van der Waals surface area contributed by atoms with Crippen LogP contribution in [0, 0.1) is 0 Å².